The van der Waals surface area contributed by atoms with Crippen LogP contribution in [0, 0.1) is 0 Å². The lowest BCUT2D eigenvalue weighted by molar-refractivity contribution is -0.111. The zero-order valence-electron chi connectivity index (χ0n) is 5.29. The summed E-state index contributed by atoms with van der Waals surface area (Å²) in [5.41, 5.74) is 0. The lowest BCUT2D eigenvalue weighted by Crippen LogP contribution is -2.46. The van der Waals surface area contributed by atoms with Gasteiger partial charge in [-0.3, -0.25) is 4.79 Å². The van der Waals surface area contributed by atoms with E-state index in [1.165, 1.54) is 10.8 Å². The van der Waals surface area contributed by atoms with Gasteiger partial charge in [0.1, 0.15) is 6.04 Å². The molecule has 1 unspecified atom stereocenters. The van der Waals surface area contributed by atoms with Gasteiger partial charge in [0.15, 0.2) is 0 Å². The fourth-order valence-electron chi connectivity index (χ4n) is 0.848. The Morgan fingerprint density at radius 3 is 3.00 bits per heavy atom. The van der Waals surface area contributed by atoms with Crippen LogP contribution >= 0.6 is 21.6 Å². The molecule has 1 atom stereocenters. The summed E-state index contributed by atoms with van der Waals surface area (Å²) in [4.78, 5) is 22.6. The Hall–Kier alpha value is -0.620. The van der Waals surface area contributed by atoms with Crippen molar-refractivity contribution in [2.45, 2.75) is 6.04 Å². The summed E-state index contributed by atoms with van der Waals surface area (Å²) in [5, 5.41) is 4.99. The van der Waals surface area contributed by atoms with E-state index >= 15 is 0 Å². The minimum atomic E-state index is -0.404. The van der Waals surface area contributed by atoms with Crippen molar-refractivity contribution in [2.75, 3.05) is 0 Å². The second-order valence-corrected chi connectivity index (χ2v) is 4.29. The van der Waals surface area contributed by atoms with E-state index in [4.69, 9.17) is 0 Å². The van der Waals surface area contributed by atoms with Gasteiger partial charge in [0.25, 0.3) is 0 Å². The molecule has 2 aliphatic heterocycles. The number of rotatable bonds is 0. The molecule has 2 heterocycles. The maximum Gasteiger partial charge on any atom is 0.319 e. The first-order valence-corrected chi connectivity index (χ1v) is 5.08. The zero-order chi connectivity index (χ0) is 7.84. The number of carbonyl (C=O) groups excluding carboxylic acids is 2. The summed E-state index contributed by atoms with van der Waals surface area (Å²) in [7, 11) is 2.55. The third-order valence-corrected chi connectivity index (χ3v) is 3.71. The minimum Gasteiger partial charge on any atom is -0.322 e. The highest BCUT2D eigenvalue weighted by atomic mass is 33.1. The lowest BCUT2D eigenvalue weighted by atomic mass is 10.3. The number of hydrogen-bond acceptors (Lipinski definition) is 4. The predicted octanol–water partition coefficient (Wildman–Crippen LogP) is 0.431. The number of fused-ring (bicyclic) bond motifs is 1. The maximum absolute atomic E-state index is 11.0. The molecule has 1 fully saturated rings. The highest BCUT2D eigenvalue weighted by molar-refractivity contribution is 8.84. The molecule has 2 amide bonds. The van der Waals surface area contributed by atoms with Crippen molar-refractivity contribution in [3.8, 4) is 0 Å². The number of nitrogens with one attached hydrogen (secondary N) is 2. The number of amides is 2. The summed E-state index contributed by atoms with van der Waals surface area (Å²) in [6.45, 7) is 0. The van der Waals surface area contributed by atoms with Crippen LogP contribution < -0.4 is 10.6 Å². The molecule has 0 aromatic carbocycles. The molecule has 11 heavy (non-hydrogen) atoms. The molecule has 2 rings (SSSR count). The number of hydrogen-bond donors (Lipinski definition) is 2. The molecule has 0 saturated carbocycles. The second-order valence-electron chi connectivity index (χ2n) is 2.08. The van der Waals surface area contributed by atoms with Crippen LogP contribution in [0.15, 0.2) is 11.1 Å². The minimum absolute atomic E-state index is 0.00361. The van der Waals surface area contributed by atoms with Gasteiger partial charge in [-0.1, -0.05) is 0 Å². The fraction of sp³-hybridized carbons (Fsp3) is 0.200. The highest BCUT2D eigenvalue weighted by Crippen LogP contribution is 2.42. The van der Waals surface area contributed by atoms with Crippen LogP contribution in [0.25, 0.3) is 0 Å². The molecule has 0 spiro atoms. The largest absolute Gasteiger partial charge is 0.322 e. The molecule has 0 aromatic rings. The van der Waals surface area contributed by atoms with Crippen LogP contribution in [0.2, 0.25) is 0 Å². The van der Waals surface area contributed by atoms with Crippen LogP contribution in [0.3, 0.4) is 0 Å². The fourth-order valence-corrected chi connectivity index (χ4v) is 3.01. The highest BCUT2D eigenvalue weighted by Gasteiger charge is 2.35. The van der Waals surface area contributed by atoms with Gasteiger partial charge in [0, 0.05) is 11.1 Å². The van der Waals surface area contributed by atoms with Crippen LogP contribution in [-0.2, 0) is 4.79 Å². The van der Waals surface area contributed by atoms with Gasteiger partial charge in [0.05, 0.1) is 0 Å². The topological polar surface area (TPSA) is 58.2 Å². The molecule has 2 aliphatic rings. The van der Waals surface area contributed by atoms with Gasteiger partial charge >= 0.3 is 6.03 Å². The van der Waals surface area contributed by atoms with Gasteiger partial charge in [-0.2, -0.15) is 0 Å². The van der Waals surface area contributed by atoms with Crippen LogP contribution in [-0.4, -0.2) is 17.2 Å². The Balaban J connectivity index is 2.29. The van der Waals surface area contributed by atoms with Gasteiger partial charge < -0.3 is 10.6 Å². The molecule has 0 bridgehead atoms. The smallest absolute Gasteiger partial charge is 0.319 e. The van der Waals surface area contributed by atoms with E-state index in [1.54, 1.807) is 6.20 Å². The third-order valence-electron chi connectivity index (χ3n) is 1.36. The summed E-state index contributed by atoms with van der Waals surface area (Å²) in [5.74, 6) is 0. The molecule has 0 radical (unpaired) electrons. The molecule has 2 N–H and O–H groups in total. The van der Waals surface area contributed by atoms with E-state index in [1.807, 2.05) is 0 Å². The van der Waals surface area contributed by atoms with Crippen molar-refractivity contribution in [3.63, 3.8) is 0 Å². The van der Waals surface area contributed by atoms with Crippen LogP contribution in [0.5, 0.6) is 0 Å². The summed E-state index contributed by atoms with van der Waals surface area (Å²) < 4.78 is 0. The molecule has 6 heteroatoms. The van der Waals surface area contributed by atoms with Crippen molar-refractivity contribution in [1.82, 2.24) is 10.6 Å². The van der Waals surface area contributed by atoms with E-state index in [0.29, 0.717) is 0 Å². The molecule has 0 aliphatic carbocycles. The van der Waals surface area contributed by atoms with Crippen LogP contribution in [0.4, 0.5) is 4.79 Å². The van der Waals surface area contributed by atoms with Gasteiger partial charge in [-0.15, -0.1) is 0 Å². The van der Waals surface area contributed by atoms with Gasteiger partial charge in [-0.05, 0) is 21.6 Å². The maximum atomic E-state index is 11.0. The lowest BCUT2D eigenvalue weighted by Gasteiger charge is -2.15. The van der Waals surface area contributed by atoms with E-state index < -0.39 is 6.04 Å². The molecular weight excluding hydrogens is 184 g/mol. The molecule has 58 valence electrons. The first kappa shape index (κ1) is 7.05. The Kier molecular flexibility index (Phi) is 1.57. The van der Waals surface area contributed by atoms with Crippen molar-refractivity contribution in [1.29, 1.82) is 0 Å². The van der Waals surface area contributed by atoms with Crippen LogP contribution in [0.1, 0.15) is 0 Å². The summed E-state index contributed by atoms with van der Waals surface area (Å²) in [6, 6.07) is -0.714. The van der Waals surface area contributed by atoms with E-state index in [0.717, 1.165) is 15.7 Å². The Morgan fingerprint density at radius 2 is 2.18 bits per heavy atom. The molecular formula is C5H4N2O2S2. The average Bonchev–Trinajstić information content (AvgIpc) is 2.33. The Labute approximate surface area is 70.6 Å². The van der Waals surface area contributed by atoms with Crippen molar-refractivity contribution < 1.29 is 9.59 Å². The molecule has 4 nitrogen and oxygen atoms in total. The quantitative estimate of drug-likeness (QED) is 0.541. The number of carbonyl (C=O) groups is 2. The second kappa shape index (κ2) is 2.46. The first-order chi connectivity index (χ1) is 5.27. The van der Waals surface area contributed by atoms with Crippen molar-refractivity contribution in [2.24, 2.45) is 0 Å². The predicted molar refractivity (Wildman–Crippen MR) is 43.7 cm³/mol. The Bertz CT molecular complexity index is 263. The van der Waals surface area contributed by atoms with Gasteiger partial charge in [-0.25, -0.2) is 4.79 Å². The molecule has 1 saturated heterocycles. The van der Waals surface area contributed by atoms with Gasteiger partial charge in [0.2, 0.25) is 5.12 Å². The average molecular weight is 188 g/mol. The van der Waals surface area contributed by atoms with E-state index in [2.05, 4.69) is 10.6 Å². The van der Waals surface area contributed by atoms with E-state index in [-0.39, 0.29) is 11.1 Å². The third kappa shape index (κ3) is 1.12. The summed E-state index contributed by atoms with van der Waals surface area (Å²) >= 11 is 0. The van der Waals surface area contributed by atoms with Crippen molar-refractivity contribution in [3.05, 3.63) is 11.1 Å². The first-order valence-electron chi connectivity index (χ1n) is 2.93. The Morgan fingerprint density at radius 1 is 1.36 bits per heavy atom. The zero-order valence-corrected chi connectivity index (χ0v) is 6.92. The summed E-state index contributed by atoms with van der Waals surface area (Å²) in [6.07, 6.45) is 1.58. The van der Waals surface area contributed by atoms with E-state index in [9.17, 15) is 9.59 Å². The normalized spacial score (nSPS) is 28.7. The number of urea groups is 1. The van der Waals surface area contributed by atoms with Crippen molar-refractivity contribution >= 4 is 32.7 Å². The SMILES string of the molecule is O=C1NC=C2SSC(=O)C2N1. The standard InChI is InChI=1S/C5H4N2O2S2/c8-4-3-2(10-11-4)1-6-5(9)7-3/h1,3H,(H2,6,7,9). The monoisotopic (exact) mass is 188 g/mol. The molecule has 0 aromatic heterocycles.